The fourth-order valence-electron chi connectivity index (χ4n) is 3.25. The fraction of sp³-hybridized carbons (Fsp3) is 0.273. The van der Waals surface area contributed by atoms with E-state index in [-0.39, 0.29) is 18.4 Å². The molecule has 0 spiro atoms. The molecule has 1 saturated carbocycles. The summed E-state index contributed by atoms with van der Waals surface area (Å²) in [4.78, 5) is 17.3. The molecule has 1 unspecified atom stereocenters. The number of aromatic nitrogens is 1. The SMILES string of the molecule is COc1ccc(C(NC(=O)Cc2csc(-c3ccccc3Cl)n2)C2CC2)cc1. The first kappa shape index (κ1) is 19.0. The highest BCUT2D eigenvalue weighted by molar-refractivity contribution is 7.13. The van der Waals surface area contributed by atoms with Crippen LogP contribution in [0.25, 0.3) is 10.6 Å². The van der Waals surface area contributed by atoms with Gasteiger partial charge in [0.25, 0.3) is 0 Å². The Morgan fingerprint density at radius 3 is 2.68 bits per heavy atom. The molecule has 1 fully saturated rings. The summed E-state index contributed by atoms with van der Waals surface area (Å²) in [6, 6.07) is 15.6. The molecule has 4 nitrogen and oxygen atoms in total. The van der Waals surface area contributed by atoms with Crippen LogP contribution in [0, 0.1) is 5.92 Å². The zero-order valence-corrected chi connectivity index (χ0v) is 17.1. The van der Waals surface area contributed by atoms with E-state index in [2.05, 4.69) is 10.3 Å². The van der Waals surface area contributed by atoms with Crippen LogP contribution in [0.4, 0.5) is 0 Å². The summed E-state index contributed by atoms with van der Waals surface area (Å²) in [6.07, 6.45) is 2.55. The standard InChI is InChI=1S/C22H21ClN2O2S/c1-27-17-10-8-15(9-11-17)21(14-6-7-14)25-20(26)12-16-13-28-22(24-16)18-4-2-3-5-19(18)23/h2-5,8-11,13-14,21H,6-7,12H2,1H3,(H,25,26). The van der Waals surface area contributed by atoms with E-state index in [4.69, 9.17) is 16.3 Å². The average molecular weight is 413 g/mol. The van der Waals surface area contributed by atoms with Gasteiger partial charge in [-0.25, -0.2) is 4.98 Å². The Morgan fingerprint density at radius 2 is 2.00 bits per heavy atom. The summed E-state index contributed by atoms with van der Waals surface area (Å²) in [5.74, 6) is 1.31. The number of halogens is 1. The Labute approximate surface area is 173 Å². The minimum atomic E-state index is -0.0104. The van der Waals surface area contributed by atoms with Crippen molar-refractivity contribution in [2.24, 2.45) is 5.92 Å². The van der Waals surface area contributed by atoms with Gasteiger partial charge in [-0.15, -0.1) is 11.3 Å². The largest absolute Gasteiger partial charge is 0.497 e. The molecule has 0 radical (unpaired) electrons. The third-order valence-corrected chi connectivity index (χ3v) is 6.14. The minimum Gasteiger partial charge on any atom is -0.497 e. The monoisotopic (exact) mass is 412 g/mol. The molecule has 1 heterocycles. The highest BCUT2D eigenvalue weighted by Crippen LogP contribution is 2.41. The molecule has 2 aromatic carbocycles. The van der Waals surface area contributed by atoms with Gasteiger partial charge in [-0.3, -0.25) is 4.79 Å². The van der Waals surface area contributed by atoms with Gasteiger partial charge in [-0.1, -0.05) is 41.9 Å². The van der Waals surface area contributed by atoms with Crippen LogP contribution in [-0.2, 0) is 11.2 Å². The van der Waals surface area contributed by atoms with Crippen LogP contribution in [0.2, 0.25) is 5.02 Å². The lowest BCUT2D eigenvalue weighted by Gasteiger charge is -2.19. The molecule has 1 aliphatic rings. The van der Waals surface area contributed by atoms with E-state index in [0.717, 1.165) is 40.4 Å². The molecular formula is C22H21ClN2O2S. The Balaban J connectivity index is 1.44. The van der Waals surface area contributed by atoms with E-state index in [1.54, 1.807) is 7.11 Å². The molecule has 28 heavy (non-hydrogen) atoms. The number of amides is 1. The maximum atomic E-state index is 12.7. The van der Waals surface area contributed by atoms with Crippen molar-refractivity contribution in [2.45, 2.75) is 25.3 Å². The quantitative estimate of drug-likeness (QED) is 0.574. The molecule has 0 saturated heterocycles. The second kappa shape index (κ2) is 8.33. The number of nitrogens with zero attached hydrogens (tertiary/aromatic N) is 1. The number of nitrogens with one attached hydrogen (secondary N) is 1. The van der Waals surface area contributed by atoms with Gasteiger partial charge in [-0.05, 0) is 42.5 Å². The van der Waals surface area contributed by atoms with E-state index in [0.29, 0.717) is 10.9 Å². The molecule has 144 valence electrons. The number of hydrogen-bond donors (Lipinski definition) is 1. The summed E-state index contributed by atoms with van der Waals surface area (Å²) in [6.45, 7) is 0. The summed E-state index contributed by atoms with van der Waals surface area (Å²) >= 11 is 7.76. The van der Waals surface area contributed by atoms with Gasteiger partial charge in [0.15, 0.2) is 0 Å². The number of benzene rings is 2. The molecule has 1 N–H and O–H groups in total. The first-order valence-corrected chi connectivity index (χ1v) is 10.5. The molecule has 4 rings (SSSR count). The van der Waals surface area contributed by atoms with Crippen LogP contribution in [0.5, 0.6) is 5.75 Å². The van der Waals surface area contributed by atoms with Gasteiger partial charge in [-0.2, -0.15) is 0 Å². The van der Waals surface area contributed by atoms with Crippen molar-refractivity contribution in [2.75, 3.05) is 7.11 Å². The summed E-state index contributed by atoms with van der Waals surface area (Å²) in [7, 11) is 1.65. The smallest absolute Gasteiger partial charge is 0.226 e. The van der Waals surface area contributed by atoms with E-state index in [1.807, 2.05) is 53.9 Å². The van der Waals surface area contributed by atoms with E-state index < -0.39 is 0 Å². The average Bonchev–Trinajstić information content (AvgIpc) is 3.46. The minimum absolute atomic E-state index is 0.0104. The van der Waals surface area contributed by atoms with Gasteiger partial charge in [0, 0.05) is 10.9 Å². The molecule has 1 atom stereocenters. The lowest BCUT2D eigenvalue weighted by atomic mass is 10.0. The van der Waals surface area contributed by atoms with Crippen LogP contribution < -0.4 is 10.1 Å². The van der Waals surface area contributed by atoms with Gasteiger partial charge < -0.3 is 10.1 Å². The molecule has 0 aliphatic heterocycles. The Morgan fingerprint density at radius 1 is 1.25 bits per heavy atom. The predicted molar refractivity (Wildman–Crippen MR) is 113 cm³/mol. The van der Waals surface area contributed by atoms with Crippen molar-refractivity contribution >= 4 is 28.8 Å². The van der Waals surface area contributed by atoms with Crippen LogP contribution >= 0.6 is 22.9 Å². The molecule has 1 aromatic heterocycles. The van der Waals surface area contributed by atoms with Crippen LogP contribution in [0.3, 0.4) is 0 Å². The second-order valence-corrected chi connectivity index (χ2v) is 8.22. The lowest BCUT2D eigenvalue weighted by molar-refractivity contribution is -0.121. The number of hydrogen-bond acceptors (Lipinski definition) is 4. The Bertz CT molecular complexity index is 967. The highest BCUT2D eigenvalue weighted by atomic mass is 35.5. The van der Waals surface area contributed by atoms with Gasteiger partial charge >= 0.3 is 0 Å². The zero-order valence-electron chi connectivity index (χ0n) is 15.5. The van der Waals surface area contributed by atoms with Crippen LogP contribution in [0.15, 0.2) is 53.9 Å². The molecule has 1 aliphatic carbocycles. The maximum Gasteiger partial charge on any atom is 0.226 e. The molecular weight excluding hydrogens is 392 g/mol. The molecule has 3 aromatic rings. The van der Waals surface area contributed by atoms with Crippen molar-refractivity contribution in [3.05, 3.63) is 70.2 Å². The molecule has 1 amide bonds. The molecule has 0 bridgehead atoms. The normalized spacial score (nSPS) is 14.5. The second-order valence-electron chi connectivity index (χ2n) is 6.96. The Hall–Kier alpha value is -2.37. The van der Waals surface area contributed by atoms with Gasteiger partial charge in [0.1, 0.15) is 10.8 Å². The fourth-order valence-corrected chi connectivity index (χ4v) is 4.39. The van der Waals surface area contributed by atoms with Crippen molar-refractivity contribution in [3.8, 4) is 16.3 Å². The molecule has 6 heteroatoms. The van der Waals surface area contributed by atoms with Crippen LogP contribution in [0.1, 0.15) is 30.1 Å². The predicted octanol–water partition coefficient (Wildman–Crippen LogP) is 5.28. The first-order valence-electron chi connectivity index (χ1n) is 9.26. The summed E-state index contributed by atoms with van der Waals surface area (Å²) in [5, 5.41) is 6.63. The Kier molecular flexibility index (Phi) is 5.64. The third kappa shape index (κ3) is 4.37. The van der Waals surface area contributed by atoms with Gasteiger partial charge in [0.2, 0.25) is 5.91 Å². The maximum absolute atomic E-state index is 12.7. The number of thiazole rings is 1. The first-order chi connectivity index (χ1) is 13.6. The van der Waals surface area contributed by atoms with Crippen molar-refractivity contribution in [1.82, 2.24) is 10.3 Å². The summed E-state index contributed by atoms with van der Waals surface area (Å²) in [5.41, 5.74) is 2.78. The highest BCUT2D eigenvalue weighted by Gasteiger charge is 2.33. The van der Waals surface area contributed by atoms with Gasteiger partial charge in [0.05, 0.1) is 30.3 Å². The number of rotatable bonds is 7. The van der Waals surface area contributed by atoms with E-state index in [1.165, 1.54) is 11.3 Å². The van der Waals surface area contributed by atoms with Crippen molar-refractivity contribution < 1.29 is 9.53 Å². The summed E-state index contributed by atoms with van der Waals surface area (Å²) < 4.78 is 5.23. The topological polar surface area (TPSA) is 51.2 Å². The third-order valence-electron chi connectivity index (χ3n) is 4.88. The lowest BCUT2D eigenvalue weighted by Crippen LogP contribution is -2.31. The number of carbonyl (C=O) groups excluding carboxylic acids is 1. The van der Waals surface area contributed by atoms with Crippen molar-refractivity contribution in [1.29, 1.82) is 0 Å². The number of methoxy groups -OCH3 is 1. The zero-order chi connectivity index (χ0) is 19.5. The number of carbonyl (C=O) groups is 1. The van der Waals surface area contributed by atoms with E-state index in [9.17, 15) is 4.79 Å². The van der Waals surface area contributed by atoms with Crippen LogP contribution in [-0.4, -0.2) is 18.0 Å². The van der Waals surface area contributed by atoms with E-state index >= 15 is 0 Å². The number of ether oxygens (including phenoxy) is 1. The van der Waals surface area contributed by atoms with Crippen molar-refractivity contribution in [3.63, 3.8) is 0 Å².